The van der Waals surface area contributed by atoms with Crippen LogP contribution in [0.4, 0.5) is 13.2 Å². The first kappa shape index (κ1) is 12.1. The number of alkyl halides is 3. The average molecular weight is 231 g/mol. The Morgan fingerprint density at radius 2 is 1.79 bits per heavy atom. The predicted molar refractivity (Wildman–Crippen MR) is 48.6 cm³/mol. The van der Waals surface area contributed by atoms with Gasteiger partial charge in [-0.1, -0.05) is 0 Å². The van der Waals surface area contributed by atoms with Crippen LogP contribution < -0.4 is 0 Å². The highest BCUT2D eigenvalue weighted by Crippen LogP contribution is 2.46. The first-order valence-electron chi connectivity index (χ1n) is 4.73. The molecule has 1 saturated heterocycles. The van der Waals surface area contributed by atoms with E-state index in [2.05, 4.69) is 0 Å². The molecule has 1 aliphatic heterocycles. The summed E-state index contributed by atoms with van der Waals surface area (Å²) in [7, 11) is 0. The van der Waals surface area contributed by atoms with Crippen molar-refractivity contribution in [2.75, 3.05) is 6.61 Å². The lowest BCUT2D eigenvalue weighted by atomic mass is 9.74. The van der Waals surface area contributed by atoms with Crippen molar-refractivity contribution in [1.82, 2.24) is 0 Å². The maximum absolute atomic E-state index is 12.2. The Bertz CT molecular complexity index is 191. The van der Waals surface area contributed by atoms with Crippen LogP contribution in [0.1, 0.15) is 32.1 Å². The lowest BCUT2D eigenvalue weighted by molar-refractivity contribution is -0.235. The third kappa shape index (κ3) is 2.16. The van der Waals surface area contributed by atoms with Crippen LogP contribution in [0, 0.1) is 5.92 Å². The van der Waals surface area contributed by atoms with E-state index < -0.39 is 12.1 Å². The van der Waals surface area contributed by atoms with E-state index >= 15 is 0 Å². The molecule has 1 atom stereocenters. The van der Waals surface area contributed by atoms with Crippen molar-refractivity contribution in [3.63, 3.8) is 0 Å². The molecular weight excluding hydrogens is 217 g/mol. The van der Waals surface area contributed by atoms with Crippen molar-refractivity contribution in [3.05, 3.63) is 0 Å². The second-order valence-electron chi connectivity index (χ2n) is 4.12. The van der Waals surface area contributed by atoms with Crippen LogP contribution in [0.15, 0.2) is 0 Å². The highest BCUT2D eigenvalue weighted by Gasteiger charge is 2.48. The van der Waals surface area contributed by atoms with Gasteiger partial charge in [-0.05, 0) is 32.1 Å². The molecule has 2 rings (SSSR count). The van der Waals surface area contributed by atoms with E-state index in [0.717, 1.165) is 19.3 Å². The first-order valence-corrected chi connectivity index (χ1v) is 4.73. The molecule has 0 amide bonds. The highest BCUT2D eigenvalue weighted by atomic mass is 35.5. The fourth-order valence-corrected chi connectivity index (χ4v) is 2.09. The van der Waals surface area contributed by atoms with Gasteiger partial charge in [0, 0.05) is 0 Å². The smallest absolute Gasteiger partial charge is 0.374 e. The largest absolute Gasteiger partial charge is 0.394 e. The van der Waals surface area contributed by atoms with E-state index in [9.17, 15) is 13.2 Å². The second-order valence-corrected chi connectivity index (χ2v) is 4.12. The van der Waals surface area contributed by atoms with Gasteiger partial charge >= 0.3 is 6.18 Å². The highest BCUT2D eigenvalue weighted by molar-refractivity contribution is 5.85. The van der Waals surface area contributed by atoms with Gasteiger partial charge in [0.25, 0.3) is 0 Å². The lowest BCUT2D eigenvalue weighted by Crippen LogP contribution is -2.47. The minimum atomic E-state index is -4.06. The SMILES string of the molecule is Cl.FC(F)(F)C1CCC2(CCC2)OC1. The third-order valence-electron chi connectivity index (χ3n) is 3.27. The van der Waals surface area contributed by atoms with Crippen molar-refractivity contribution in [1.29, 1.82) is 0 Å². The molecule has 0 aromatic heterocycles. The number of halogens is 4. The van der Waals surface area contributed by atoms with Gasteiger partial charge in [0.1, 0.15) is 0 Å². The molecule has 0 aromatic rings. The Kier molecular flexibility index (Phi) is 3.37. The topological polar surface area (TPSA) is 9.23 Å². The van der Waals surface area contributed by atoms with Gasteiger partial charge in [0.05, 0.1) is 18.1 Å². The maximum Gasteiger partial charge on any atom is 0.394 e. The molecular formula is C9H14ClF3O. The molecule has 0 aromatic carbocycles. The fraction of sp³-hybridized carbons (Fsp3) is 1.00. The molecule has 1 aliphatic carbocycles. The number of ether oxygens (including phenoxy) is 1. The van der Waals surface area contributed by atoms with Crippen molar-refractivity contribution in [2.45, 2.75) is 43.9 Å². The quantitative estimate of drug-likeness (QED) is 0.620. The molecule has 1 heterocycles. The van der Waals surface area contributed by atoms with E-state index in [4.69, 9.17) is 4.74 Å². The fourth-order valence-electron chi connectivity index (χ4n) is 2.09. The molecule has 0 bridgehead atoms. The van der Waals surface area contributed by atoms with E-state index in [1.54, 1.807) is 0 Å². The van der Waals surface area contributed by atoms with Crippen molar-refractivity contribution in [3.8, 4) is 0 Å². The van der Waals surface area contributed by atoms with E-state index in [1.165, 1.54) is 0 Å². The molecule has 1 saturated carbocycles. The summed E-state index contributed by atoms with van der Waals surface area (Å²) >= 11 is 0. The van der Waals surface area contributed by atoms with Crippen molar-refractivity contribution < 1.29 is 17.9 Å². The molecule has 2 fully saturated rings. The van der Waals surface area contributed by atoms with Crippen LogP contribution in [0.3, 0.4) is 0 Å². The van der Waals surface area contributed by atoms with Gasteiger partial charge in [-0.2, -0.15) is 13.2 Å². The van der Waals surface area contributed by atoms with E-state index in [0.29, 0.717) is 6.42 Å². The first-order chi connectivity index (χ1) is 6.02. The summed E-state index contributed by atoms with van der Waals surface area (Å²) in [5, 5.41) is 0. The molecule has 1 spiro atoms. The van der Waals surface area contributed by atoms with E-state index in [1.807, 2.05) is 0 Å². The van der Waals surface area contributed by atoms with Crippen LogP contribution in [-0.4, -0.2) is 18.4 Å². The summed E-state index contributed by atoms with van der Waals surface area (Å²) < 4.78 is 42.0. The van der Waals surface area contributed by atoms with Crippen LogP contribution >= 0.6 is 12.4 Å². The van der Waals surface area contributed by atoms with Crippen molar-refractivity contribution in [2.24, 2.45) is 5.92 Å². The maximum atomic E-state index is 12.2. The molecule has 1 unspecified atom stereocenters. The van der Waals surface area contributed by atoms with Crippen LogP contribution in [0.2, 0.25) is 0 Å². The molecule has 84 valence electrons. The van der Waals surface area contributed by atoms with Crippen molar-refractivity contribution >= 4 is 12.4 Å². The van der Waals surface area contributed by atoms with Gasteiger partial charge in [-0.25, -0.2) is 0 Å². The average Bonchev–Trinajstić information content (AvgIpc) is 2.00. The summed E-state index contributed by atoms with van der Waals surface area (Å²) in [6.45, 7) is -0.122. The number of rotatable bonds is 0. The summed E-state index contributed by atoms with van der Waals surface area (Å²) in [5.74, 6) is -1.22. The summed E-state index contributed by atoms with van der Waals surface area (Å²) in [6, 6.07) is 0. The van der Waals surface area contributed by atoms with Gasteiger partial charge in [0.2, 0.25) is 0 Å². The summed E-state index contributed by atoms with van der Waals surface area (Å²) in [5.41, 5.74) is -0.151. The Balaban J connectivity index is 0.000000980. The van der Waals surface area contributed by atoms with Gasteiger partial charge < -0.3 is 4.74 Å². The standard InChI is InChI=1S/C9H13F3O.ClH/c10-9(11,12)7-2-5-8(13-6-7)3-1-4-8;/h7H,1-6H2;1H. The van der Waals surface area contributed by atoms with Crippen LogP contribution in [-0.2, 0) is 4.74 Å². The second kappa shape index (κ2) is 3.89. The lowest BCUT2D eigenvalue weighted by Gasteiger charge is -2.46. The Morgan fingerprint density at radius 1 is 1.14 bits per heavy atom. The molecule has 2 aliphatic rings. The minimum absolute atomic E-state index is 0. The van der Waals surface area contributed by atoms with E-state index in [-0.39, 0.29) is 31.0 Å². The minimum Gasteiger partial charge on any atom is -0.374 e. The zero-order valence-corrected chi connectivity index (χ0v) is 8.59. The van der Waals surface area contributed by atoms with Gasteiger partial charge in [0.15, 0.2) is 0 Å². The predicted octanol–water partition coefficient (Wildman–Crippen LogP) is 3.32. The van der Waals surface area contributed by atoms with Gasteiger partial charge in [-0.15, -0.1) is 12.4 Å². The monoisotopic (exact) mass is 230 g/mol. The zero-order valence-electron chi connectivity index (χ0n) is 7.77. The molecule has 14 heavy (non-hydrogen) atoms. The molecule has 0 radical (unpaired) electrons. The number of hydrogen-bond donors (Lipinski definition) is 0. The summed E-state index contributed by atoms with van der Waals surface area (Å²) in [6.07, 6.45) is -0.197. The molecule has 1 nitrogen and oxygen atoms in total. The Hall–Kier alpha value is 0.0400. The van der Waals surface area contributed by atoms with Crippen LogP contribution in [0.25, 0.3) is 0 Å². The Labute approximate surface area is 87.4 Å². The zero-order chi connectivity index (χ0) is 9.53. The van der Waals surface area contributed by atoms with Crippen LogP contribution in [0.5, 0.6) is 0 Å². The van der Waals surface area contributed by atoms with Gasteiger partial charge in [-0.3, -0.25) is 0 Å². The molecule has 0 N–H and O–H groups in total. The third-order valence-corrected chi connectivity index (χ3v) is 3.27. The molecule has 5 heteroatoms. The normalized spacial score (nSPS) is 30.6. The Morgan fingerprint density at radius 3 is 2.07 bits per heavy atom. The summed E-state index contributed by atoms with van der Waals surface area (Å²) in [4.78, 5) is 0. The number of hydrogen-bond acceptors (Lipinski definition) is 1.